The fourth-order valence-corrected chi connectivity index (χ4v) is 4.71. The summed E-state index contributed by atoms with van der Waals surface area (Å²) in [7, 11) is 0. The summed E-state index contributed by atoms with van der Waals surface area (Å²) in [6, 6.07) is 8.91. The maximum atomic E-state index is 13.8. The molecular weight excluding hydrogens is 459 g/mol. The van der Waals surface area contributed by atoms with E-state index in [0.717, 1.165) is 23.9 Å². The molecule has 32 heavy (non-hydrogen) atoms. The Labute approximate surface area is 188 Å². The highest BCUT2D eigenvalue weighted by molar-refractivity contribution is 7.99. The molecule has 0 spiro atoms. The van der Waals surface area contributed by atoms with Crippen molar-refractivity contribution in [1.82, 2.24) is 14.9 Å². The Bertz CT molecular complexity index is 1380. The van der Waals surface area contributed by atoms with Crippen molar-refractivity contribution in [2.75, 3.05) is 5.75 Å². The summed E-state index contributed by atoms with van der Waals surface area (Å²) < 4.78 is 42.2. The second kappa shape index (κ2) is 9.17. The number of aryl methyl sites for hydroxylation is 1. The fraction of sp³-hybridized carbons (Fsp3) is 0.136. The topological polar surface area (TPSA) is 64.0 Å². The van der Waals surface area contributed by atoms with Crippen LogP contribution in [0.15, 0.2) is 57.8 Å². The molecule has 5 nitrogen and oxygen atoms in total. The summed E-state index contributed by atoms with van der Waals surface area (Å²) in [5, 5.41) is 4.60. The van der Waals surface area contributed by atoms with E-state index in [2.05, 4.69) is 10.3 Å². The third-order valence-corrected chi connectivity index (χ3v) is 6.50. The quantitative estimate of drug-likeness (QED) is 0.328. The predicted molar refractivity (Wildman–Crippen MR) is 119 cm³/mol. The molecule has 0 bridgehead atoms. The van der Waals surface area contributed by atoms with Crippen molar-refractivity contribution < 1.29 is 18.0 Å². The van der Waals surface area contributed by atoms with Gasteiger partial charge in [0.25, 0.3) is 5.56 Å². The van der Waals surface area contributed by atoms with Crippen molar-refractivity contribution in [1.29, 1.82) is 0 Å². The van der Waals surface area contributed by atoms with Gasteiger partial charge in [-0.15, -0.1) is 11.3 Å². The molecule has 0 saturated heterocycles. The van der Waals surface area contributed by atoms with Crippen molar-refractivity contribution in [2.45, 2.75) is 18.6 Å². The minimum atomic E-state index is -0.747. The van der Waals surface area contributed by atoms with Crippen LogP contribution in [-0.2, 0) is 11.3 Å². The lowest BCUT2D eigenvalue weighted by atomic mass is 10.2. The number of carbonyl (C=O) groups excluding carboxylic acids is 1. The van der Waals surface area contributed by atoms with Gasteiger partial charge in [-0.05, 0) is 48.2 Å². The predicted octanol–water partition coefficient (Wildman–Crippen LogP) is 4.58. The molecule has 1 N–H and O–H groups in total. The molecule has 0 radical (unpaired) electrons. The van der Waals surface area contributed by atoms with Gasteiger partial charge in [0, 0.05) is 18.2 Å². The van der Waals surface area contributed by atoms with E-state index in [-0.39, 0.29) is 28.6 Å². The normalized spacial score (nSPS) is 11.1. The van der Waals surface area contributed by atoms with Crippen molar-refractivity contribution >= 4 is 39.2 Å². The van der Waals surface area contributed by atoms with Crippen LogP contribution in [0.2, 0.25) is 0 Å². The molecule has 1 amide bonds. The molecule has 2 aromatic heterocycles. The first-order chi connectivity index (χ1) is 15.3. The highest BCUT2D eigenvalue weighted by Crippen LogP contribution is 2.25. The Balaban J connectivity index is 1.58. The lowest BCUT2D eigenvalue weighted by molar-refractivity contribution is -0.118. The van der Waals surface area contributed by atoms with Gasteiger partial charge in [0.1, 0.15) is 22.2 Å². The van der Waals surface area contributed by atoms with Crippen molar-refractivity contribution in [2.24, 2.45) is 0 Å². The van der Waals surface area contributed by atoms with Gasteiger partial charge < -0.3 is 5.32 Å². The SMILES string of the molecule is Cc1cc(F)ccc1-n1c(SCC(=O)NCc2ccc(F)cc2F)nc2ccsc2c1=O. The van der Waals surface area contributed by atoms with Crippen LogP contribution < -0.4 is 10.9 Å². The number of thioether (sulfide) groups is 1. The number of halogens is 3. The van der Waals surface area contributed by atoms with Gasteiger partial charge in [0.05, 0.1) is 17.0 Å². The Kier molecular flexibility index (Phi) is 6.33. The number of hydrogen-bond acceptors (Lipinski definition) is 5. The van der Waals surface area contributed by atoms with Gasteiger partial charge in [0.15, 0.2) is 5.16 Å². The highest BCUT2D eigenvalue weighted by Gasteiger charge is 2.17. The molecule has 0 atom stereocenters. The van der Waals surface area contributed by atoms with Crippen LogP contribution >= 0.6 is 23.1 Å². The average molecular weight is 476 g/mol. The Morgan fingerprint density at radius 2 is 1.88 bits per heavy atom. The number of amides is 1. The van der Waals surface area contributed by atoms with E-state index in [9.17, 15) is 22.8 Å². The van der Waals surface area contributed by atoms with Crippen LogP contribution in [0.4, 0.5) is 13.2 Å². The number of thiophene rings is 1. The maximum absolute atomic E-state index is 13.8. The fourth-order valence-electron chi connectivity index (χ4n) is 3.11. The maximum Gasteiger partial charge on any atom is 0.276 e. The van der Waals surface area contributed by atoms with E-state index in [1.54, 1.807) is 18.4 Å². The van der Waals surface area contributed by atoms with E-state index < -0.39 is 23.4 Å². The summed E-state index contributed by atoms with van der Waals surface area (Å²) in [5.74, 6) is -2.38. The zero-order chi connectivity index (χ0) is 22.8. The van der Waals surface area contributed by atoms with E-state index in [0.29, 0.717) is 21.5 Å². The Morgan fingerprint density at radius 3 is 2.62 bits per heavy atom. The number of carbonyl (C=O) groups is 1. The molecule has 10 heteroatoms. The van der Waals surface area contributed by atoms with Gasteiger partial charge in [-0.2, -0.15) is 0 Å². The first kappa shape index (κ1) is 22.1. The highest BCUT2D eigenvalue weighted by atomic mass is 32.2. The molecule has 0 aliphatic heterocycles. The van der Waals surface area contributed by atoms with E-state index in [1.165, 1.54) is 40.2 Å². The first-order valence-corrected chi connectivity index (χ1v) is 11.3. The van der Waals surface area contributed by atoms with E-state index in [4.69, 9.17) is 0 Å². The Hall–Kier alpha value is -3.11. The van der Waals surface area contributed by atoms with Crippen LogP contribution in [0.1, 0.15) is 11.1 Å². The lowest BCUT2D eigenvalue weighted by Gasteiger charge is -2.14. The standard InChI is InChI=1S/C22H16F3N3O2S2/c1-12-8-14(23)4-5-18(12)28-21(30)20-17(6-7-31-20)27-22(28)32-11-19(29)26-10-13-2-3-15(24)9-16(13)25/h2-9H,10-11H2,1H3,(H,26,29). The lowest BCUT2D eigenvalue weighted by Crippen LogP contribution is -2.26. The van der Waals surface area contributed by atoms with Crippen LogP contribution in [0.3, 0.4) is 0 Å². The molecule has 2 aromatic carbocycles. The zero-order valence-electron chi connectivity index (χ0n) is 16.7. The summed E-state index contributed by atoms with van der Waals surface area (Å²) >= 11 is 2.29. The number of nitrogens with one attached hydrogen (secondary N) is 1. The number of benzene rings is 2. The van der Waals surface area contributed by atoms with Crippen LogP contribution in [0.25, 0.3) is 15.9 Å². The van der Waals surface area contributed by atoms with Gasteiger partial charge in [0.2, 0.25) is 5.91 Å². The molecule has 4 rings (SSSR count). The molecule has 164 valence electrons. The van der Waals surface area contributed by atoms with Gasteiger partial charge in [-0.25, -0.2) is 18.2 Å². The van der Waals surface area contributed by atoms with Crippen molar-refractivity contribution in [3.63, 3.8) is 0 Å². The average Bonchev–Trinajstić information content (AvgIpc) is 3.21. The molecule has 0 saturated carbocycles. The monoisotopic (exact) mass is 475 g/mol. The molecule has 0 aliphatic carbocycles. The van der Waals surface area contributed by atoms with Gasteiger partial charge in [-0.1, -0.05) is 17.8 Å². The molecule has 2 heterocycles. The summed E-state index contributed by atoms with van der Waals surface area (Å²) in [4.78, 5) is 30.0. The minimum Gasteiger partial charge on any atom is -0.351 e. The van der Waals surface area contributed by atoms with Gasteiger partial charge in [-0.3, -0.25) is 14.2 Å². The largest absolute Gasteiger partial charge is 0.351 e. The van der Waals surface area contributed by atoms with Crippen molar-refractivity contribution in [3.05, 3.63) is 86.8 Å². The van der Waals surface area contributed by atoms with E-state index in [1.807, 2.05) is 0 Å². The number of aromatic nitrogens is 2. The van der Waals surface area contributed by atoms with Crippen LogP contribution in [0.5, 0.6) is 0 Å². The molecule has 0 aliphatic rings. The minimum absolute atomic E-state index is 0.0921. The summed E-state index contributed by atoms with van der Waals surface area (Å²) in [6.07, 6.45) is 0. The molecule has 4 aromatic rings. The molecule has 0 unspecified atom stereocenters. The third kappa shape index (κ3) is 4.56. The van der Waals surface area contributed by atoms with Crippen LogP contribution in [0, 0.1) is 24.4 Å². The number of rotatable bonds is 6. The van der Waals surface area contributed by atoms with Crippen molar-refractivity contribution in [3.8, 4) is 5.69 Å². The molecular formula is C22H16F3N3O2S2. The second-order valence-electron chi connectivity index (χ2n) is 6.90. The summed E-state index contributed by atoms with van der Waals surface area (Å²) in [6.45, 7) is 1.58. The van der Waals surface area contributed by atoms with E-state index >= 15 is 0 Å². The van der Waals surface area contributed by atoms with Gasteiger partial charge >= 0.3 is 0 Å². The Morgan fingerprint density at radius 1 is 1.12 bits per heavy atom. The summed E-state index contributed by atoms with van der Waals surface area (Å²) in [5.41, 5.74) is 1.36. The second-order valence-corrected chi connectivity index (χ2v) is 8.76. The first-order valence-electron chi connectivity index (χ1n) is 9.43. The number of fused-ring (bicyclic) bond motifs is 1. The number of nitrogens with zero attached hydrogens (tertiary/aromatic N) is 2. The number of hydrogen-bond donors (Lipinski definition) is 1. The molecule has 0 fully saturated rings. The zero-order valence-corrected chi connectivity index (χ0v) is 18.3. The smallest absolute Gasteiger partial charge is 0.276 e. The van der Waals surface area contributed by atoms with Crippen LogP contribution in [-0.4, -0.2) is 21.2 Å². The third-order valence-electron chi connectivity index (χ3n) is 4.67.